The van der Waals surface area contributed by atoms with Crippen LogP contribution in [0.15, 0.2) is 96.9 Å². The summed E-state index contributed by atoms with van der Waals surface area (Å²) in [6.45, 7) is 0. The maximum absolute atomic E-state index is 9.03. The van der Waals surface area contributed by atoms with Crippen molar-refractivity contribution in [2.75, 3.05) is 0 Å². The van der Waals surface area contributed by atoms with Gasteiger partial charge in [0.15, 0.2) is 0 Å². The molecule has 0 radical (unpaired) electrons. The average molecular weight is 380 g/mol. The first-order valence-electron chi connectivity index (χ1n) is 9.37. The number of hydrogen-bond acceptors (Lipinski definition) is 5. The van der Waals surface area contributed by atoms with Crippen LogP contribution in [0.1, 0.15) is 23.5 Å². The molecular weight excluding hydrogens is 360 g/mol. The van der Waals surface area contributed by atoms with Gasteiger partial charge in [-0.1, -0.05) is 54.6 Å². The Morgan fingerprint density at radius 2 is 1.55 bits per heavy atom. The second-order valence-electron chi connectivity index (χ2n) is 6.66. The summed E-state index contributed by atoms with van der Waals surface area (Å²) in [5, 5.41) is 12.3. The lowest BCUT2D eigenvalue weighted by atomic mass is 9.84. The Balaban J connectivity index is 1.75. The second-order valence-corrected chi connectivity index (χ2v) is 6.66. The lowest BCUT2D eigenvalue weighted by molar-refractivity contribution is 0.320. The van der Waals surface area contributed by atoms with E-state index in [1.54, 1.807) is 24.8 Å². The molecule has 0 spiro atoms. The number of aromatic nitrogens is 3. The summed E-state index contributed by atoms with van der Waals surface area (Å²) >= 11 is 0. The van der Waals surface area contributed by atoms with Gasteiger partial charge in [0.25, 0.3) is 0 Å². The third-order valence-electron chi connectivity index (χ3n) is 4.94. The zero-order chi connectivity index (χ0) is 19.9. The molecule has 1 atom stereocenters. The van der Waals surface area contributed by atoms with Crippen LogP contribution in [-0.4, -0.2) is 26.4 Å². The SMILES string of the molecule is O/N=C/CC(c1ccc(-c2cncnc2)cc1)c1ccncc1-c1ccccc1. The Bertz CT molecular complexity index is 1080. The molecule has 0 amide bonds. The maximum Gasteiger partial charge on any atom is 0.115 e. The van der Waals surface area contributed by atoms with Gasteiger partial charge in [-0.2, -0.15) is 0 Å². The van der Waals surface area contributed by atoms with Gasteiger partial charge in [0.1, 0.15) is 6.33 Å². The number of nitrogens with zero attached hydrogens (tertiary/aromatic N) is 4. The van der Waals surface area contributed by atoms with E-state index in [9.17, 15) is 0 Å². The normalized spacial score (nSPS) is 12.1. The van der Waals surface area contributed by atoms with Gasteiger partial charge in [-0.25, -0.2) is 9.97 Å². The Morgan fingerprint density at radius 1 is 0.793 bits per heavy atom. The molecule has 2 heterocycles. The van der Waals surface area contributed by atoms with Crippen molar-refractivity contribution in [2.24, 2.45) is 5.16 Å². The molecule has 4 aromatic rings. The van der Waals surface area contributed by atoms with Gasteiger partial charge in [-0.3, -0.25) is 4.98 Å². The van der Waals surface area contributed by atoms with Crippen molar-refractivity contribution in [3.05, 3.63) is 103 Å². The van der Waals surface area contributed by atoms with Crippen molar-refractivity contribution in [3.63, 3.8) is 0 Å². The predicted octanol–water partition coefficient (Wildman–Crippen LogP) is 5.19. The lowest BCUT2D eigenvalue weighted by Crippen LogP contribution is -2.05. The van der Waals surface area contributed by atoms with Gasteiger partial charge >= 0.3 is 0 Å². The van der Waals surface area contributed by atoms with Crippen LogP contribution in [0, 0.1) is 0 Å². The van der Waals surface area contributed by atoms with E-state index in [1.165, 1.54) is 6.33 Å². The Hall–Kier alpha value is -3.86. The molecule has 142 valence electrons. The minimum Gasteiger partial charge on any atom is -0.411 e. The fourth-order valence-corrected chi connectivity index (χ4v) is 3.52. The number of hydrogen-bond donors (Lipinski definition) is 1. The third-order valence-corrected chi connectivity index (χ3v) is 4.94. The second kappa shape index (κ2) is 8.89. The van der Waals surface area contributed by atoms with Crippen LogP contribution in [0.2, 0.25) is 0 Å². The number of benzene rings is 2. The molecule has 4 rings (SSSR count). The van der Waals surface area contributed by atoms with E-state index in [-0.39, 0.29) is 5.92 Å². The molecule has 0 fully saturated rings. The van der Waals surface area contributed by atoms with Gasteiger partial charge in [0.2, 0.25) is 0 Å². The van der Waals surface area contributed by atoms with E-state index < -0.39 is 0 Å². The van der Waals surface area contributed by atoms with E-state index in [0.717, 1.165) is 33.4 Å². The average Bonchev–Trinajstić information content (AvgIpc) is 2.81. The van der Waals surface area contributed by atoms with Crippen LogP contribution in [0.4, 0.5) is 0 Å². The van der Waals surface area contributed by atoms with E-state index >= 15 is 0 Å². The lowest BCUT2D eigenvalue weighted by Gasteiger charge is -2.20. The highest BCUT2D eigenvalue weighted by Crippen LogP contribution is 2.35. The Kier molecular flexibility index (Phi) is 5.67. The van der Waals surface area contributed by atoms with E-state index in [1.807, 2.05) is 30.5 Å². The summed E-state index contributed by atoms with van der Waals surface area (Å²) in [6.07, 6.45) is 10.9. The molecule has 2 aromatic carbocycles. The quantitative estimate of drug-likeness (QED) is 0.284. The van der Waals surface area contributed by atoms with Crippen LogP contribution >= 0.6 is 0 Å². The highest BCUT2D eigenvalue weighted by Gasteiger charge is 2.18. The molecule has 1 unspecified atom stereocenters. The van der Waals surface area contributed by atoms with Crippen molar-refractivity contribution in [1.29, 1.82) is 0 Å². The molecule has 0 aliphatic carbocycles. The summed E-state index contributed by atoms with van der Waals surface area (Å²) in [5.74, 6) is 0.0326. The molecule has 0 aliphatic heterocycles. The van der Waals surface area contributed by atoms with Crippen molar-refractivity contribution < 1.29 is 5.21 Å². The fraction of sp³-hybridized carbons (Fsp3) is 0.0833. The fourth-order valence-electron chi connectivity index (χ4n) is 3.52. The molecule has 5 nitrogen and oxygen atoms in total. The van der Waals surface area contributed by atoms with Gasteiger partial charge in [-0.15, -0.1) is 5.16 Å². The molecule has 0 bridgehead atoms. The van der Waals surface area contributed by atoms with E-state index in [2.05, 4.69) is 56.5 Å². The largest absolute Gasteiger partial charge is 0.411 e. The first-order valence-corrected chi connectivity index (χ1v) is 9.37. The van der Waals surface area contributed by atoms with Crippen LogP contribution in [0.5, 0.6) is 0 Å². The Labute approximate surface area is 169 Å². The molecule has 0 saturated heterocycles. The van der Waals surface area contributed by atoms with Crippen LogP contribution < -0.4 is 0 Å². The molecule has 2 aromatic heterocycles. The van der Waals surface area contributed by atoms with Gasteiger partial charge in [0.05, 0.1) is 0 Å². The van der Waals surface area contributed by atoms with Crippen LogP contribution in [0.25, 0.3) is 22.3 Å². The molecule has 0 saturated carbocycles. The zero-order valence-corrected chi connectivity index (χ0v) is 15.8. The van der Waals surface area contributed by atoms with Crippen LogP contribution in [0.3, 0.4) is 0 Å². The van der Waals surface area contributed by atoms with E-state index in [4.69, 9.17) is 5.21 Å². The van der Waals surface area contributed by atoms with Crippen molar-refractivity contribution in [2.45, 2.75) is 12.3 Å². The summed E-state index contributed by atoms with van der Waals surface area (Å²) in [6, 6.07) is 20.6. The summed E-state index contributed by atoms with van der Waals surface area (Å²) in [7, 11) is 0. The molecule has 29 heavy (non-hydrogen) atoms. The summed E-state index contributed by atoms with van der Waals surface area (Å²) < 4.78 is 0. The maximum atomic E-state index is 9.03. The van der Waals surface area contributed by atoms with Crippen LogP contribution in [-0.2, 0) is 0 Å². The predicted molar refractivity (Wildman–Crippen MR) is 114 cm³/mol. The minimum atomic E-state index is 0.0326. The first kappa shape index (κ1) is 18.5. The standard InChI is InChI=1S/C24H20N4O/c29-28-13-11-22(20-8-6-18(7-9-20)21-14-26-17-27-15-21)23-10-12-25-16-24(23)19-4-2-1-3-5-19/h1-10,12-17,22,29H,11H2/b28-13+. The highest BCUT2D eigenvalue weighted by atomic mass is 16.4. The first-order chi connectivity index (χ1) is 14.4. The van der Waals surface area contributed by atoms with Gasteiger partial charge in [0, 0.05) is 48.0 Å². The highest BCUT2D eigenvalue weighted by molar-refractivity contribution is 5.70. The third kappa shape index (κ3) is 4.19. The van der Waals surface area contributed by atoms with Gasteiger partial charge in [-0.05, 0) is 34.7 Å². The number of rotatable bonds is 6. The van der Waals surface area contributed by atoms with Crippen molar-refractivity contribution in [1.82, 2.24) is 15.0 Å². The molecule has 1 N–H and O–H groups in total. The summed E-state index contributed by atoms with van der Waals surface area (Å²) in [4.78, 5) is 12.5. The van der Waals surface area contributed by atoms with Crippen molar-refractivity contribution >= 4 is 6.21 Å². The Morgan fingerprint density at radius 3 is 2.28 bits per heavy atom. The zero-order valence-electron chi connectivity index (χ0n) is 15.8. The molecule has 0 aliphatic rings. The number of oxime groups is 1. The topological polar surface area (TPSA) is 71.3 Å². The molecular formula is C24H20N4O. The van der Waals surface area contributed by atoms with E-state index in [0.29, 0.717) is 6.42 Å². The smallest absolute Gasteiger partial charge is 0.115 e. The van der Waals surface area contributed by atoms with Gasteiger partial charge < -0.3 is 5.21 Å². The number of pyridine rings is 1. The summed E-state index contributed by atoms with van der Waals surface area (Å²) in [5.41, 5.74) is 6.49. The minimum absolute atomic E-state index is 0.0326. The van der Waals surface area contributed by atoms with Crippen molar-refractivity contribution in [3.8, 4) is 22.3 Å². The monoisotopic (exact) mass is 380 g/mol. The molecule has 5 heteroatoms.